The molecule has 0 aliphatic rings. The molecule has 0 bridgehead atoms. The first-order valence-electron chi connectivity index (χ1n) is 7.66. The smallest absolute Gasteiger partial charge is 0.105 e. The van der Waals surface area contributed by atoms with E-state index in [-0.39, 0.29) is 56.9 Å². The fourth-order valence-corrected chi connectivity index (χ4v) is 2.43. The van der Waals surface area contributed by atoms with E-state index in [1.807, 2.05) is 6.92 Å². The molecule has 2 aromatic rings. The molecule has 2 rings (SSSR count). The molecule has 2 aromatic carbocycles. The molecule has 0 unspecified atom stereocenters. The van der Waals surface area contributed by atoms with E-state index in [0.717, 1.165) is 0 Å². The second-order valence-electron chi connectivity index (χ2n) is 5.63. The van der Waals surface area contributed by atoms with Crippen LogP contribution in [0, 0.1) is 0 Å². The van der Waals surface area contributed by atoms with Gasteiger partial charge in [0.25, 0.3) is 0 Å². The SMILES string of the molecule is CCNc1c(N)c(N)c(N)c(N)c1NNc1c(N)c(N)c(N)c(N)c1N. The minimum absolute atomic E-state index is 0.109. The number of hydrazine groups is 1. The third-order valence-corrected chi connectivity index (χ3v) is 4.02. The molecule has 21 N–H and O–H groups in total. The molecule has 0 heterocycles. The Labute approximate surface area is 150 Å². The molecule has 12 nitrogen and oxygen atoms in total. The van der Waals surface area contributed by atoms with Crippen LogP contribution in [0.4, 0.5) is 68.2 Å². The summed E-state index contributed by atoms with van der Waals surface area (Å²) < 4.78 is 0. The van der Waals surface area contributed by atoms with Crippen molar-refractivity contribution in [3.63, 3.8) is 0 Å². The summed E-state index contributed by atoms with van der Waals surface area (Å²) in [5.41, 5.74) is 61.5. The Balaban J connectivity index is 2.52. The summed E-state index contributed by atoms with van der Waals surface area (Å²) in [6, 6.07) is 0. The number of nitrogen functional groups attached to an aromatic ring is 9. The minimum Gasteiger partial charge on any atom is -0.395 e. The van der Waals surface area contributed by atoms with E-state index in [1.54, 1.807) is 0 Å². The van der Waals surface area contributed by atoms with Gasteiger partial charge >= 0.3 is 0 Å². The van der Waals surface area contributed by atoms with Crippen molar-refractivity contribution in [3.8, 4) is 0 Å². The molecule has 0 aliphatic carbocycles. The zero-order chi connectivity index (χ0) is 19.8. The molecule has 0 radical (unpaired) electrons. The van der Waals surface area contributed by atoms with Crippen LogP contribution in [0.15, 0.2) is 0 Å². The van der Waals surface area contributed by atoms with E-state index in [1.165, 1.54) is 0 Å². The van der Waals surface area contributed by atoms with Gasteiger partial charge in [0.15, 0.2) is 0 Å². The molecule has 0 saturated heterocycles. The molecule has 0 spiro atoms. The van der Waals surface area contributed by atoms with Crippen LogP contribution in [0.3, 0.4) is 0 Å². The third kappa shape index (κ3) is 2.68. The third-order valence-electron chi connectivity index (χ3n) is 4.02. The summed E-state index contributed by atoms with van der Waals surface area (Å²) in [4.78, 5) is 0. The van der Waals surface area contributed by atoms with E-state index in [0.29, 0.717) is 17.9 Å². The van der Waals surface area contributed by atoms with Crippen molar-refractivity contribution >= 4 is 68.2 Å². The van der Waals surface area contributed by atoms with Crippen LogP contribution in [0.1, 0.15) is 6.92 Å². The number of anilines is 12. The van der Waals surface area contributed by atoms with Crippen LogP contribution < -0.4 is 67.8 Å². The highest BCUT2D eigenvalue weighted by Crippen LogP contribution is 2.45. The van der Waals surface area contributed by atoms with Gasteiger partial charge in [-0.15, -0.1) is 0 Å². The molecule has 0 aromatic heterocycles. The highest BCUT2D eigenvalue weighted by molar-refractivity contribution is 6.07. The van der Waals surface area contributed by atoms with Gasteiger partial charge in [-0.2, -0.15) is 0 Å². The van der Waals surface area contributed by atoms with Gasteiger partial charge in [0.1, 0.15) is 11.4 Å². The van der Waals surface area contributed by atoms with Gasteiger partial charge in [-0.25, -0.2) is 0 Å². The van der Waals surface area contributed by atoms with Gasteiger partial charge in [-0.05, 0) is 6.92 Å². The Bertz CT molecular complexity index is 831. The number of nitrogens with one attached hydrogen (secondary N) is 3. The van der Waals surface area contributed by atoms with Crippen LogP contribution in [0.2, 0.25) is 0 Å². The number of rotatable bonds is 5. The molecule has 26 heavy (non-hydrogen) atoms. The van der Waals surface area contributed by atoms with Crippen molar-refractivity contribution in [1.29, 1.82) is 0 Å². The van der Waals surface area contributed by atoms with Gasteiger partial charge in [-0.1, -0.05) is 0 Å². The van der Waals surface area contributed by atoms with Crippen molar-refractivity contribution in [3.05, 3.63) is 0 Å². The first-order valence-corrected chi connectivity index (χ1v) is 7.66. The predicted molar refractivity (Wildman–Crippen MR) is 114 cm³/mol. The van der Waals surface area contributed by atoms with Crippen LogP contribution in [-0.4, -0.2) is 6.54 Å². The first kappa shape index (κ1) is 18.4. The highest BCUT2D eigenvalue weighted by atomic mass is 15.4. The molecule has 0 atom stereocenters. The largest absolute Gasteiger partial charge is 0.395 e. The Morgan fingerprint density at radius 2 is 0.769 bits per heavy atom. The summed E-state index contributed by atoms with van der Waals surface area (Å²) in [6.07, 6.45) is 0. The van der Waals surface area contributed by atoms with Crippen molar-refractivity contribution in [1.82, 2.24) is 0 Å². The van der Waals surface area contributed by atoms with Crippen molar-refractivity contribution in [2.24, 2.45) is 0 Å². The maximum atomic E-state index is 6.07. The van der Waals surface area contributed by atoms with Gasteiger partial charge in [0.05, 0.1) is 56.9 Å². The van der Waals surface area contributed by atoms with E-state index in [4.69, 9.17) is 51.6 Å². The van der Waals surface area contributed by atoms with Crippen molar-refractivity contribution in [2.75, 3.05) is 74.3 Å². The molecule has 0 amide bonds. The summed E-state index contributed by atoms with van der Waals surface area (Å²) in [5, 5.41) is 3.08. The summed E-state index contributed by atoms with van der Waals surface area (Å²) in [7, 11) is 0. The lowest BCUT2D eigenvalue weighted by molar-refractivity contribution is 1.21. The maximum Gasteiger partial charge on any atom is 0.105 e. The van der Waals surface area contributed by atoms with Gasteiger partial charge in [0, 0.05) is 6.54 Å². The van der Waals surface area contributed by atoms with Crippen molar-refractivity contribution in [2.45, 2.75) is 6.92 Å². The van der Waals surface area contributed by atoms with E-state index < -0.39 is 0 Å². The lowest BCUT2D eigenvalue weighted by atomic mass is 10.1. The topological polar surface area (TPSA) is 270 Å². The summed E-state index contributed by atoms with van der Waals surface area (Å²) in [5.74, 6) is 0. The quantitative estimate of drug-likeness (QED) is 0.243. The highest BCUT2D eigenvalue weighted by Gasteiger charge is 2.20. The first-order chi connectivity index (χ1) is 12.1. The number of benzene rings is 2. The molecule has 0 fully saturated rings. The van der Waals surface area contributed by atoms with E-state index >= 15 is 0 Å². The standard InChI is InChI=1S/C14H26N12/c1-2-24-13-10(22)6(18)7(19)11(23)14(13)26-25-12-8(20)4(16)3(15)5(17)9(12)21/h24-26H,2,15-23H2,1H3. The maximum absolute atomic E-state index is 6.07. The Kier molecular flexibility index (Phi) is 4.60. The fourth-order valence-electron chi connectivity index (χ4n) is 2.43. The Hall–Kier alpha value is -3.96. The minimum atomic E-state index is 0.109. The van der Waals surface area contributed by atoms with Crippen LogP contribution in [0.5, 0.6) is 0 Å². The molecular weight excluding hydrogens is 336 g/mol. The second kappa shape index (κ2) is 6.51. The zero-order valence-electron chi connectivity index (χ0n) is 14.4. The van der Waals surface area contributed by atoms with Gasteiger partial charge in [0.2, 0.25) is 0 Å². The average molecular weight is 362 g/mol. The second-order valence-corrected chi connectivity index (χ2v) is 5.63. The average Bonchev–Trinajstić information content (AvgIpc) is 2.63. The van der Waals surface area contributed by atoms with Gasteiger partial charge in [-0.3, -0.25) is 10.9 Å². The van der Waals surface area contributed by atoms with Crippen LogP contribution in [0.25, 0.3) is 0 Å². The Morgan fingerprint density at radius 3 is 1.19 bits per heavy atom. The lowest BCUT2D eigenvalue weighted by Crippen LogP contribution is -2.19. The zero-order valence-corrected chi connectivity index (χ0v) is 14.4. The number of nitrogens with two attached hydrogens (primary N) is 9. The molecular formula is C14H26N12. The molecule has 142 valence electrons. The molecule has 0 saturated carbocycles. The lowest BCUT2D eigenvalue weighted by Gasteiger charge is -2.23. The summed E-state index contributed by atoms with van der Waals surface area (Å²) >= 11 is 0. The van der Waals surface area contributed by atoms with Crippen LogP contribution >= 0.6 is 0 Å². The number of hydrogen-bond acceptors (Lipinski definition) is 12. The molecule has 12 heteroatoms. The van der Waals surface area contributed by atoms with Crippen molar-refractivity contribution < 1.29 is 0 Å². The number of hydrogen-bond donors (Lipinski definition) is 12. The molecule has 0 aliphatic heterocycles. The fraction of sp³-hybridized carbons (Fsp3) is 0.143. The summed E-state index contributed by atoms with van der Waals surface area (Å²) in [6.45, 7) is 2.45. The predicted octanol–water partition coefficient (Wildman–Crippen LogP) is -0.203. The van der Waals surface area contributed by atoms with E-state index in [9.17, 15) is 0 Å². The normalized spacial score (nSPS) is 10.5. The van der Waals surface area contributed by atoms with E-state index in [2.05, 4.69) is 16.2 Å². The van der Waals surface area contributed by atoms with Crippen LogP contribution in [-0.2, 0) is 0 Å². The Morgan fingerprint density at radius 1 is 0.462 bits per heavy atom. The van der Waals surface area contributed by atoms with Gasteiger partial charge < -0.3 is 56.9 Å². The monoisotopic (exact) mass is 362 g/mol.